The number of methoxy groups -OCH3 is 2. The van der Waals surface area contributed by atoms with Crippen LogP contribution in [0.25, 0.3) is 0 Å². The van der Waals surface area contributed by atoms with Crippen molar-refractivity contribution >= 4 is 104 Å². The summed E-state index contributed by atoms with van der Waals surface area (Å²) in [5.41, 5.74) is 0.170. The smallest absolute Gasteiger partial charge is 0.276 e. The molecular formula is C89H135N3O28S2. The molecule has 2 fully saturated rings. The molecule has 2 saturated carbocycles. The van der Waals surface area contributed by atoms with Crippen LogP contribution in [0.15, 0.2) is 24.3 Å². The van der Waals surface area contributed by atoms with E-state index in [0.717, 1.165) is 13.0 Å². The molecule has 0 aliphatic heterocycles. The van der Waals surface area contributed by atoms with Gasteiger partial charge in [-0.05, 0) is 126 Å². The average Bonchev–Trinajstić information content (AvgIpc) is 1.17. The molecule has 0 aromatic heterocycles. The predicted molar refractivity (Wildman–Crippen MR) is 461 cm³/mol. The zero-order valence-corrected chi connectivity index (χ0v) is 74.8. The minimum Gasteiger partial charge on any atom is -0.493 e. The van der Waals surface area contributed by atoms with Crippen molar-refractivity contribution in [1.29, 1.82) is 0 Å². The van der Waals surface area contributed by atoms with Gasteiger partial charge in [0, 0.05) is 153 Å². The lowest BCUT2D eigenvalue weighted by Gasteiger charge is -2.21. The number of carbonyl (C=O) groups is 12. The van der Waals surface area contributed by atoms with Crippen molar-refractivity contribution in [3.63, 3.8) is 0 Å². The molecule has 686 valence electrons. The second kappa shape index (κ2) is 64.5. The minimum absolute atomic E-state index is 0.00320. The Morgan fingerprint density at radius 1 is 0.377 bits per heavy atom. The van der Waals surface area contributed by atoms with Gasteiger partial charge in [0.05, 0.1) is 164 Å². The largest absolute Gasteiger partial charge is 0.493 e. The molecule has 0 spiro atoms. The fourth-order valence-electron chi connectivity index (χ4n) is 14.3. The predicted octanol–water partition coefficient (Wildman–Crippen LogP) is 13.3. The van der Waals surface area contributed by atoms with Crippen molar-refractivity contribution in [3.8, 4) is 23.0 Å². The van der Waals surface area contributed by atoms with Gasteiger partial charge < -0.3 is 61.7 Å². The van der Waals surface area contributed by atoms with Crippen molar-refractivity contribution in [2.75, 3.05) is 165 Å². The third kappa shape index (κ3) is 44.6. The molecule has 122 heavy (non-hydrogen) atoms. The Bertz CT molecular complexity index is 3350. The summed E-state index contributed by atoms with van der Waals surface area (Å²) >= 11 is 2.81. The third-order valence-electron chi connectivity index (χ3n) is 21.2. The first-order valence-corrected chi connectivity index (χ1v) is 46.1. The molecule has 0 heterocycles. The number of rotatable bonds is 80. The van der Waals surface area contributed by atoms with Crippen LogP contribution in [0.3, 0.4) is 0 Å². The summed E-state index contributed by atoms with van der Waals surface area (Å²) in [4.78, 5) is 176. The fourth-order valence-corrected chi connectivity index (χ4v) is 15.8. The molecule has 0 N–H and O–H groups in total. The number of hydrogen-bond acceptors (Lipinski definition) is 31. The van der Waals surface area contributed by atoms with Crippen molar-refractivity contribution in [1.82, 2.24) is 4.90 Å². The van der Waals surface area contributed by atoms with Gasteiger partial charge in [-0.2, -0.15) is 23.5 Å². The van der Waals surface area contributed by atoms with Gasteiger partial charge in [0.15, 0.2) is 34.6 Å². The summed E-state index contributed by atoms with van der Waals surface area (Å²) in [7, 11) is 2.82. The number of benzene rings is 2. The van der Waals surface area contributed by atoms with Gasteiger partial charge in [-0.25, -0.2) is 0 Å². The van der Waals surface area contributed by atoms with E-state index in [1.165, 1.54) is 62.0 Å². The highest BCUT2D eigenvalue weighted by atomic mass is 32.2. The van der Waals surface area contributed by atoms with Crippen molar-refractivity contribution in [3.05, 3.63) is 55.6 Å². The number of unbranched alkanes of at least 4 members (excludes halogenated alkanes) is 2. The van der Waals surface area contributed by atoms with E-state index in [1.807, 2.05) is 19.4 Å². The second-order valence-corrected chi connectivity index (χ2v) is 33.0. The van der Waals surface area contributed by atoms with E-state index >= 15 is 0 Å². The molecule has 0 bridgehead atoms. The van der Waals surface area contributed by atoms with E-state index in [-0.39, 0.29) is 206 Å². The Morgan fingerprint density at radius 3 is 0.959 bits per heavy atom. The van der Waals surface area contributed by atoms with Gasteiger partial charge in [0.1, 0.15) is 57.8 Å². The van der Waals surface area contributed by atoms with Crippen LogP contribution in [0.2, 0.25) is 0 Å². The number of carbonyl (C=O) groups excluding carboxylic acids is 12. The number of hydrogen-bond donors (Lipinski definition) is 0. The van der Waals surface area contributed by atoms with Crippen LogP contribution in [0.5, 0.6) is 23.0 Å². The molecule has 0 saturated heterocycles. The fraction of sp³-hybridized carbons (Fsp3) is 0.730. The molecule has 2 aliphatic rings. The third-order valence-corrected chi connectivity index (χ3v) is 23.2. The van der Waals surface area contributed by atoms with Crippen LogP contribution < -0.4 is 18.9 Å². The number of nitrogens with zero attached hydrogens (tertiary/aromatic N) is 3. The first kappa shape index (κ1) is 107. The molecule has 2 aromatic carbocycles. The Balaban J connectivity index is 0.962. The summed E-state index contributed by atoms with van der Waals surface area (Å²) in [6, 6.07) is 5.58. The van der Waals surface area contributed by atoms with Crippen LogP contribution in [0.4, 0.5) is 11.4 Å². The summed E-state index contributed by atoms with van der Waals surface area (Å²) in [5.74, 6) is -1.37. The monoisotopic (exact) mass is 1760 g/mol. The maximum absolute atomic E-state index is 12.9. The molecule has 4 rings (SSSR count). The van der Waals surface area contributed by atoms with Crippen LogP contribution in [0.1, 0.15) is 243 Å². The number of ether oxygens (including phenoxy) is 12. The zero-order chi connectivity index (χ0) is 89.2. The molecule has 0 amide bonds. The summed E-state index contributed by atoms with van der Waals surface area (Å²) < 4.78 is 67.2. The average molecular weight is 1760 g/mol. The van der Waals surface area contributed by atoms with E-state index < -0.39 is 33.5 Å². The van der Waals surface area contributed by atoms with E-state index in [1.54, 1.807) is 13.8 Å². The van der Waals surface area contributed by atoms with Gasteiger partial charge in [-0.1, -0.05) is 20.8 Å². The van der Waals surface area contributed by atoms with Gasteiger partial charge in [0.25, 0.3) is 11.4 Å². The first-order chi connectivity index (χ1) is 58.8. The normalized spacial score (nSPS) is 15.7. The highest BCUT2D eigenvalue weighted by Crippen LogP contribution is 2.42. The number of Topliss-reactive ketones (excluding diaryl/α,β-unsaturated/α-hetero) is 12. The van der Waals surface area contributed by atoms with Crippen molar-refractivity contribution < 1.29 is 124 Å². The minimum atomic E-state index is -0.559. The van der Waals surface area contributed by atoms with E-state index in [2.05, 4.69) is 4.90 Å². The Morgan fingerprint density at radius 2 is 0.664 bits per heavy atom. The molecule has 6 unspecified atom stereocenters. The van der Waals surface area contributed by atoms with Gasteiger partial charge in [0.2, 0.25) is 0 Å². The number of nitro benzene ring substituents is 2. The van der Waals surface area contributed by atoms with Crippen LogP contribution >= 0.6 is 23.5 Å². The standard InChI is InChI=1S/C89H135N3O28S2/c1-8-35-90(36-31-70(97)21-11-9-19-66(93)27-17-40-119-84-60-78(91(105)106)76(58-82(84)109-4)64(2)56-72(99)33-42-113-46-50-117-54-52-115-48-44-111-38-15-25-68(95)23-13-29-74-80(101)62-86(121-6)88(74)103)37-32-71(98)22-12-10-20-67(94)28-18-41-120-85-61-79(92(107)108)77(59-83(85)110-5)65(3)57-73(100)34-43-114-47-51-118-55-53-116-49-45-112-39-16-26-69(96)24-14-30-75-81(102)63-87(122-7)89(75)104/h58-61,64-65,74-75,86-87H,8-57,62-63H2,1-7H3. The quantitative estimate of drug-likeness (QED) is 0.0257. The lowest BCUT2D eigenvalue weighted by atomic mass is 9.93. The number of ketones is 12. The summed E-state index contributed by atoms with van der Waals surface area (Å²) in [6.45, 7) is 12.5. The molecule has 33 heteroatoms. The molecule has 0 radical (unpaired) electrons. The maximum atomic E-state index is 12.9. The van der Waals surface area contributed by atoms with Crippen LogP contribution in [-0.2, 0) is 95.4 Å². The zero-order valence-electron chi connectivity index (χ0n) is 73.1. The van der Waals surface area contributed by atoms with E-state index in [4.69, 9.17) is 56.8 Å². The Labute approximate surface area is 727 Å². The summed E-state index contributed by atoms with van der Waals surface area (Å²) in [6.07, 6.45) is 15.1. The van der Waals surface area contributed by atoms with Crippen LogP contribution in [0, 0.1) is 32.1 Å². The number of thioether (sulfide) groups is 2. The molecule has 2 aliphatic carbocycles. The molecular weight excluding hydrogens is 1620 g/mol. The second-order valence-electron chi connectivity index (χ2n) is 30.9. The first-order valence-electron chi connectivity index (χ1n) is 43.5. The van der Waals surface area contributed by atoms with Gasteiger partial charge >= 0.3 is 0 Å². The Hall–Kier alpha value is -7.18. The summed E-state index contributed by atoms with van der Waals surface area (Å²) in [5, 5.41) is 24.0. The lowest BCUT2D eigenvalue weighted by Crippen LogP contribution is -2.29. The highest BCUT2D eigenvalue weighted by molar-refractivity contribution is 8.00. The lowest BCUT2D eigenvalue weighted by molar-refractivity contribution is -0.385. The van der Waals surface area contributed by atoms with Gasteiger partial charge in [-0.3, -0.25) is 77.8 Å². The topological polar surface area (TPSA) is 405 Å². The maximum Gasteiger partial charge on any atom is 0.276 e. The van der Waals surface area contributed by atoms with Crippen molar-refractivity contribution in [2.24, 2.45) is 11.8 Å². The van der Waals surface area contributed by atoms with Crippen molar-refractivity contribution in [2.45, 2.75) is 242 Å². The van der Waals surface area contributed by atoms with E-state index in [9.17, 15) is 77.8 Å². The number of nitro groups is 2. The SMILES string of the molecule is CCCN(CCC(=O)CCCCC(=O)CCCOc1cc([N+](=O)[O-])c(C(C)CC(=O)CCOCCOCCOCCOCCCC(=O)CCCC2C(=O)CC(SC)C2=O)cc1OC)CCC(=O)CCCCC(=O)CCCOc1cc([N+](=O)[O-])c(C(C)CC(=O)CCOCCOCCOCCOCCCC(=O)CCCC2C(=O)CC(SC)C2=O)cc1OC. The molecule has 31 nitrogen and oxygen atoms in total. The molecule has 6 atom stereocenters. The van der Waals surface area contributed by atoms with Crippen LogP contribution in [-0.4, -0.2) is 260 Å². The Kier molecular flexibility index (Phi) is 56.7. The molecule has 2 aromatic rings. The van der Waals surface area contributed by atoms with E-state index in [0.29, 0.717) is 244 Å². The van der Waals surface area contributed by atoms with Gasteiger partial charge in [-0.15, -0.1) is 0 Å². The highest BCUT2D eigenvalue weighted by Gasteiger charge is 2.41.